The third kappa shape index (κ3) is 4.42. The van der Waals surface area contributed by atoms with Crippen LogP contribution in [0.2, 0.25) is 0 Å². The molecule has 0 radical (unpaired) electrons. The SMILES string of the molecule is NS(=O)(=O)c1ccc(N2CCOCC2)c(C(=O)N[C@@H]2CCSc3ccccc32)c1. The summed E-state index contributed by atoms with van der Waals surface area (Å²) in [4.78, 5) is 16.4. The summed E-state index contributed by atoms with van der Waals surface area (Å²) in [5.41, 5.74) is 2.10. The highest BCUT2D eigenvalue weighted by Gasteiger charge is 2.26. The number of carbonyl (C=O) groups excluding carboxylic acids is 1. The first-order valence-corrected chi connectivity index (χ1v) is 12.0. The molecule has 29 heavy (non-hydrogen) atoms. The number of hydrogen-bond donors (Lipinski definition) is 2. The molecular weight excluding hydrogens is 410 g/mol. The molecular formula is C20H23N3O4S2. The van der Waals surface area contributed by atoms with Crippen molar-refractivity contribution < 1.29 is 17.9 Å². The summed E-state index contributed by atoms with van der Waals surface area (Å²) in [7, 11) is -3.91. The van der Waals surface area contributed by atoms with Gasteiger partial charge in [-0.15, -0.1) is 11.8 Å². The van der Waals surface area contributed by atoms with Crippen molar-refractivity contribution in [3.63, 3.8) is 0 Å². The second-order valence-electron chi connectivity index (χ2n) is 7.02. The van der Waals surface area contributed by atoms with Gasteiger partial charge in [-0.1, -0.05) is 18.2 Å². The Morgan fingerprint density at radius 2 is 1.93 bits per heavy atom. The molecule has 0 bridgehead atoms. The van der Waals surface area contributed by atoms with Gasteiger partial charge in [-0.25, -0.2) is 13.6 Å². The van der Waals surface area contributed by atoms with Gasteiger partial charge in [0.25, 0.3) is 5.91 Å². The van der Waals surface area contributed by atoms with E-state index in [9.17, 15) is 13.2 Å². The standard InChI is InChI=1S/C20H23N3O4S2/c21-29(25,26)14-5-6-18(23-8-10-27-11-9-23)16(13-14)20(24)22-17-7-12-28-19-4-2-1-3-15(17)19/h1-6,13,17H,7-12H2,(H,22,24)(H2,21,25,26)/t17-/m1/s1. The van der Waals surface area contributed by atoms with E-state index in [0.29, 0.717) is 37.6 Å². The topological polar surface area (TPSA) is 102 Å². The molecule has 7 nitrogen and oxygen atoms in total. The van der Waals surface area contributed by atoms with Gasteiger partial charge in [0.2, 0.25) is 10.0 Å². The Bertz CT molecular complexity index is 1020. The van der Waals surface area contributed by atoms with Gasteiger partial charge >= 0.3 is 0 Å². The summed E-state index contributed by atoms with van der Waals surface area (Å²) in [6.45, 7) is 2.40. The molecule has 4 rings (SSSR count). The highest BCUT2D eigenvalue weighted by molar-refractivity contribution is 7.99. The zero-order valence-corrected chi connectivity index (χ0v) is 17.5. The highest BCUT2D eigenvalue weighted by Crippen LogP contribution is 2.36. The van der Waals surface area contributed by atoms with E-state index in [-0.39, 0.29) is 16.8 Å². The van der Waals surface area contributed by atoms with Crippen molar-refractivity contribution >= 4 is 33.4 Å². The molecule has 1 fully saturated rings. The number of carbonyl (C=O) groups is 1. The van der Waals surface area contributed by atoms with Crippen LogP contribution in [0.15, 0.2) is 52.3 Å². The lowest BCUT2D eigenvalue weighted by molar-refractivity contribution is 0.0933. The van der Waals surface area contributed by atoms with E-state index in [4.69, 9.17) is 9.88 Å². The molecule has 0 aromatic heterocycles. The minimum absolute atomic E-state index is 0.0701. The third-order valence-electron chi connectivity index (χ3n) is 5.16. The Balaban J connectivity index is 1.67. The van der Waals surface area contributed by atoms with Crippen LogP contribution in [0.3, 0.4) is 0 Å². The maximum absolute atomic E-state index is 13.3. The molecule has 2 aromatic rings. The zero-order chi connectivity index (χ0) is 20.4. The number of thioether (sulfide) groups is 1. The smallest absolute Gasteiger partial charge is 0.253 e. The van der Waals surface area contributed by atoms with E-state index in [1.165, 1.54) is 12.1 Å². The number of primary sulfonamides is 1. The molecule has 1 atom stereocenters. The number of amides is 1. The lowest BCUT2D eigenvalue weighted by Gasteiger charge is -2.31. The van der Waals surface area contributed by atoms with Crippen LogP contribution in [-0.2, 0) is 14.8 Å². The fourth-order valence-electron chi connectivity index (χ4n) is 3.68. The summed E-state index contributed by atoms with van der Waals surface area (Å²) in [5.74, 6) is 0.610. The Kier molecular flexibility index (Phi) is 5.82. The largest absolute Gasteiger partial charge is 0.378 e. The Hall–Kier alpha value is -2.07. The van der Waals surface area contributed by atoms with E-state index < -0.39 is 10.0 Å². The molecule has 2 aliphatic rings. The number of ether oxygens (including phenoxy) is 1. The predicted molar refractivity (Wildman–Crippen MR) is 113 cm³/mol. The minimum atomic E-state index is -3.91. The molecule has 3 N–H and O–H groups in total. The van der Waals surface area contributed by atoms with Crippen LogP contribution in [0.1, 0.15) is 28.4 Å². The summed E-state index contributed by atoms with van der Waals surface area (Å²) in [6.07, 6.45) is 0.815. The van der Waals surface area contributed by atoms with Gasteiger partial charge in [-0.3, -0.25) is 4.79 Å². The first-order valence-electron chi connectivity index (χ1n) is 9.45. The second kappa shape index (κ2) is 8.35. The first-order chi connectivity index (χ1) is 13.9. The monoisotopic (exact) mass is 433 g/mol. The van der Waals surface area contributed by atoms with Crippen LogP contribution in [0, 0.1) is 0 Å². The molecule has 9 heteroatoms. The van der Waals surface area contributed by atoms with Crippen molar-refractivity contribution in [2.24, 2.45) is 5.14 Å². The summed E-state index contributed by atoms with van der Waals surface area (Å²) < 4.78 is 29.1. The average molecular weight is 434 g/mol. The van der Waals surface area contributed by atoms with E-state index >= 15 is 0 Å². The lowest BCUT2D eigenvalue weighted by Crippen LogP contribution is -2.38. The number of rotatable bonds is 4. The number of nitrogens with zero attached hydrogens (tertiary/aromatic N) is 1. The van der Waals surface area contributed by atoms with Crippen LogP contribution in [0.25, 0.3) is 0 Å². The van der Waals surface area contributed by atoms with E-state index in [1.807, 2.05) is 23.1 Å². The van der Waals surface area contributed by atoms with Crippen molar-refractivity contribution in [1.29, 1.82) is 0 Å². The highest BCUT2D eigenvalue weighted by atomic mass is 32.2. The summed E-state index contributed by atoms with van der Waals surface area (Å²) >= 11 is 1.78. The van der Waals surface area contributed by atoms with Crippen molar-refractivity contribution in [1.82, 2.24) is 5.32 Å². The van der Waals surface area contributed by atoms with Crippen LogP contribution in [0.5, 0.6) is 0 Å². The molecule has 0 aliphatic carbocycles. The number of fused-ring (bicyclic) bond motifs is 1. The maximum Gasteiger partial charge on any atom is 0.253 e. The number of hydrogen-bond acceptors (Lipinski definition) is 6. The fourth-order valence-corrected chi connectivity index (χ4v) is 5.35. The molecule has 0 unspecified atom stereocenters. The van der Waals surface area contributed by atoms with Crippen LogP contribution in [-0.4, -0.2) is 46.4 Å². The number of nitrogens with two attached hydrogens (primary N) is 1. The fraction of sp³-hybridized carbons (Fsp3) is 0.350. The summed E-state index contributed by atoms with van der Waals surface area (Å²) in [5, 5.41) is 8.41. The number of morpholine rings is 1. The lowest BCUT2D eigenvalue weighted by atomic mass is 10.0. The van der Waals surface area contributed by atoms with Crippen molar-refractivity contribution in [2.75, 3.05) is 37.0 Å². The Morgan fingerprint density at radius 1 is 1.17 bits per heavy atom. The third-order valence-corrected chi connectivity index (χ3v) is 7.19. The molecule has 0 saturated carbocycles. The second-order valence-corrected chi connectivity index (χ2v) is 9.72. The average Bonchev–Trinajstić information content (AvgIpc) is 2.73. The van der Waals surface area contributed by atoms with E-state index in [1.54, 1.807) is 17.8 Å². The van der Waals surface area contributed by atoms with Gasteiger partial charge < -0.3 is 15.0 Å². The van der Waals surface area contributed by atoms with E-state index in [2.05, 4.69) is 11.4 Å². The van der Waals surface area contributed by atoms with Crippen molar-refractivity contribution in [3.8, 4) is 0 Å². The first kappa shape index (κ1) is 20.2. The van der Waals surface area contributed by atoms with E-state index in [0.717, 1.165) is 22.6 Å². The van der Waals surface area contributed by atoms with Crippen molar-refractivity contribution in [2.45, 2.75) is 22.3 Å². The van der Waals surface area contributed by atoms with Gasteiger partial charge in [-0.2, -0.15) is 0 Å². The van der Waals surface area contributed by atoms with Crippen LogP contribution >= 0.6 is 11.8 Å². The molecule has 0 spiro atoms. The zero-order valence-electron chi connectivity index (χ0n) is 15.8. The number of sulfonamides is 1. The molecule has 1 amide bonds. The molecule has 2 aliphatic heterocycles. The molecule has 2 aromatic carbocycles. The van der Waals surface area contributed by atoms with Gasteiger partial charge in [0.05, 0.1) is 29.7 Å². The van der Waals surface area contributed by atoms with Gasteiger partial charge in [-0.05, 0) is 36.2 Å². The Labute approximate surface area is 174 Å². The number of nitrogens with one attached hydrogen (secondary N) is 1. The quantitative estimate of drug-likeness (QED) is 0.766. The number of anilines is 1. The Morgan fingerprint density at radius 3 is 2.69 bits per heavy atom. The molecule has 2 heterocycles. The van der Waals surface area contributed by atoms with Crippen LogP contribution < -0.4 is 15.4 Å². The molecule has 1 saturated heterocycles. The summed E-state index contributed by atoms with van der Waals surface area (Å²) in [6, 6.07) is 12.4. The number of benzene rings is 2. The van der Waals surface area contributed by atoms with Crippen LogP contribution in [0.4, 0.5) is 5.69 Å². The molecule has 154 valence electrons. The van der Waals surface area contributed by atoms with Gasteiger partial charge in [0.15, 0.2) is 0 Å². The maximum atomic E-state index is 13.3. The minimum Gasteiger partial charge on any atom is -0.378 e. The normalized spacial score (nSPS) is 19.5. The van der Waals surface area contributed by atoms with Gasteiger partial charge in [0.1, 0.15) is 0 Å². The van der Waals surface area contributed by atoms with Crippen molar-refractivity contribution in [3.05, 3.63) is 53.6 Å². The van der Waals surface area contributed by atoms with Gasteiger partial charge in [0, 0.05) is 29.4 Å². The predicted octanol–water partition coefficient (Wildman–Crippen LogP) is 2.14.